The Kier molecular flexibility index (Phi) is 5.89. The van der Waals surface area contributed by atoms with Crippen molar-refractivity contribution in [3.05, 3.63) is 54.4 Å². The summed E-state index contributed by atoms with van der Waals surface area (Å²) in [7, 11) is 0. The van der Waals surface area contributed by atoms with Gasteiger partial charge in [0.05, 0.1) is 0 Å². The van der Waals surface area contributed by atoms with E-state index in [0.29, 0.717) is 18.0 Å². The Balaban J connectivity index is 1.28. The van der Waals surface area contributed by atoms with Gasteiger partial charge in [0.1, 0.15) is 6.10 Å². The first kappa shape index (κ1) is 18.3. The maximum atomic E-state index is 12.4. The normalized spacial score (nSPS) is 16.5. The number of carbonyl (C=O) groups excluding carboxylic acids is 1. The predicted molar refractivity (Wildman–Crippen MR) is 112 cm³/mol. The number of carbonyl (C=O) groups is 1. The van der Waals surface area contributed by atoms with E-state index in [4.69, 9.17) is 4.74 Å². The standard InChI is InChI=1S/C20H21N3O2S2/c24-20(14-5-7-21-19(11-14)25-15-6-9-26-13-15)22-8-10-27-18-12-23-17-4-2-1-3-16(17)18/h1-5,7,11-12,15,23H,6,8-10,13H2,(H,22,24)/t15-/m0/s1. The molecule has 2 N–H and O–H groups in total. The molecule has 1 atom stereocenters. The quantitative estimate of drug-likeness (QED) is 0.465. The molecule has 27 heavy (non-hydrogen) atoms. The number of nitrogens with one attached hydrogen (secondary N) is 2. The van der Waals surface area contributed by atoms with Gasteiger partial charge in [-0.25, -0.2) is 4.98 Å². The topological polar surface area (TPSA) is 67.0 Å². The minimum absolute atomic E-state index is 0.0948. The predicted octanol–water partition coefficient (Wildman–Crippen LogP) is 3.97. The Morgan fingerprint density at radius 2 is 2.30 bits per heavy atom. The number of pyridine rings is 1. The van der Waals surface area contributed by atoms with Crippen LogP contribution in [0, 0.1) is 0 Å². The maximum absolute atomic E-state index is 12.4. The Bertz CT molecular complexity index is 922. The highest BCUT2D eigenvalue weighted by molar-refractivity contribution is 7.99. The van der Waals surface area contributed by atoms with E-state index < -0.39 is 0 Å². The molecule has 2 aromatic heterocycles. The van der Waals surface area contributed by atoms with Crippen molar-refractivity contribution in [1.82, 2.24) is 15.3 Å². The number of aromatic amines is 1. The maximum Gasteiger partial charge on any atom is 0.251 e. The van der Waals surface area contributed by atoms with Gasteiger partial charge in [-0.2, -0.15) is 11.8 Å². The van der Waals surface area contributed by atoms with Gasteiger partial charge >= 0.3 is 0 Å². The second kappa shape index (κ2) is 8.71. The van der Waals surface area contributed by atoms with Crippen LogP contribution < -0.4 is 10.1 Å². The van der Waals surface area contributed by atoms with E-state index in [9.17, 15) is 4.79 Å². The number of ether oxygens (including phenoxy) is 1. The monoisotopic (exact) mass is 399 g/mol. The molecule has 3 aromatic rings. The largest absolute Gasteiger partial charge is 0.473 e. The van der Waals surface area contributed by atoms with Crippen molar-refractivity contribution in [2.24, 2.45) is 0 Å². The molecule has 3 heterocycles. The summed E-state index contributed by atoms with van der Waals surface area (Å²) >= 11 is 3.62. The van der Waals surface area contributed by atoms with Gasteiger partial charge in [-0.15, -0.1) is 11.8 Å². The minimum atomic E-state index is -0.0948. The Morgan fingerprint density at radius 3 is 3.19 bits per heavy atom. The lowest BCUT2D eigenvalue weighted by Gasteiger charge is -2.12. The highest BCUT2D eigenvalue weighted by Crippen LogP contribution is 2.27. The molecule has 140 valence electrons. The van der Waals surface area contributed by atoms with Crippen molar-refractivity contribution < 1.29 is 9.53 Å². The lowest BCUT2D eigenvalue weighted by Crippen LogP contribution is -2.26. The van der Waals surface area contributed by atoms with Gasteiger partial charge in [-0.3, -0.25) is 4.79 Å². The van der Waals surface area contributed by atoms with E-state index in [1.807, 2.05) is 30.1 Å². The van der Waals surface area contributed by atoms with Crippen LogP contribution in [0.1, 0.15) is 16.8 Å². The second-order valence-corrected chi connectivity index (χ2v) is 8.58. The summed E-state index contributed by atoms with van der Waals surface area (Å²) in [4.78, 5) is 21.1. The number of hydrogen-bond acceptors (Lipinski definition) is 5. The number of aromatic nitrogens is 2. The molecule has 0 unspecified atom stereocenters. The zero-order valence-electron chi connectivity index (χ0n) is 14.8. The number of H-pyrrole nitrogens is 1. The molecular formula is C20H21N3O2S2. The van der Waals surface area contributed by atoms with Gasteiger partial charge in [0.2, 0.25) is 5.88 Å². The Hall–Kier alpha value is -2.12. The molecule has 1 aliphatic rings. The zero-order valence-corrected chi connectivity index (χ0v) is 16.4. The van der Waals surface area contributed by atoms with Crippen molar-refractivity contribution in [3.8, 4) is 5.88 Å². The van der Waals surface area contributed by atoms with E-state index >= 15 is 0 Å². The van der Waals surface area contributed by atoms with Gasteiger partial charge in [0.25, 0.3) is 5.91 Å². The smallest absolute Gasteiger partial charge is 0.251 e. The molecule has 1 aliphatic heterocycles. The molecule has 4 rings (SSSR count). The number of amides is 1. The number of nitrogens with zero attached hydrogens (tertiary/aromatic N) is 1. The van der Waals surface area contributed by atoms with Gasteiger partial charge in [-0.1, -0.05) is 18.2 Å². The summed E-state index contributed by atoms with van der Waals surface area (Å²) in [5, 5.41) is 4.19. The minimum Gasteiger partial charge on any atom is -0.473 e. The Labute approximate surface area is 166 Å². The molecule has 0 radical (unpaired) electrons. The van der Waals surface area contributed by atoms with Crippen molar-refractivity contribution in [1.29, 1.82) is 0 Å². The molecule has 1 amide bonds. The van der Waals surface area contributed by atoms with Crippen molar-refractivity contribution in [2.45, 2.75) is 17.4 Å². The van der Waals surface area contributed by atoms with E-state index in [1.165, 1.54) is 10.3 Å². The lowest BCUT2D eigenvalue weighted by molar-refractivity contribution is 0.0955. The van der Waals surface area contributed by atoms with Crippen LogP contribution in [0.4, 0.5) is 0 Å². The summed E-state index contributed by atoms with van der Waals surface area (Å²) in [5.41, 5.74) is 1.72. The van der Waals surface area contributed by atoms with Crippen molar-refractivity contribution in [3.63, 3.8) is 0 Å². The first-order valence-electron chi connectivity index (χ1n) is 8.97. The van der Waals surface area contributed by atoms with Crippen LogP contribution >= 0.6 is 23.5 Å². The van der Waals surface area contributed by atoms with Crippen LogP contribution in [-0.4, -0.2) is 45.8 Å². The van der Waals surface area contributed by atoms with Gasteiger partial charge in [0, 0.05) is 57.9 Å². The molecule has 1 fully saturated rings. The van der Waals surface area contributed by atoms with Crippen LogP contribution in [0.2, 0.25) is 0 Å². The summed E-state index contributed by atoms with van der Waals surface area (Å²) < 4.78 is 5.86. The Morgan fingerprint density at radius 1 is 1.37 bits per heavy atom. The van der Waals surface area contributed by atoms with E-state index in [1.54, 1.807) is 30.1 Å². The highest BCUT2D eigenvalue weighted by atomic mass is 32.2. The number of para-hydroxylation sites is 1. The van der Waals surface area contributed by atoms with E-state index in [2.05, 4.69) is 27.4 Å². The van der Waals surface area contributed by atoms with Gasteiger partial charge in [0.15, 0.2) is 0 Å². The molecule has 0 spiro atoms. The fourth-order valence-corrected chi connectivity index (χ4v) is 4.98. The third-order valence-electron chi connectivity index (χ3n) is 4.37. The number of hydrogen-bond donors (Lipinski definition) is 2. The number of fused-ring (bicyclic) bond motifs is 1. The molecule has 0 aliphatic carbocycles. The highest BCUT2D eigenvalue weighted by Gasteiger charge is 2.18. The van der Waals surface area contributed by atoms with Crippen molar-refractivity contribution >= 4 is 40.3 Å². The van der Waals surface area contributed by atoms with Crippen LogP contribution in [0.5, 0.6) is 5.88 Å². The van der Waals surface area contributed by atoms with Gasteiger partial charge in [-0.05, 0) is 24.3 Å². The van der Waals surface area contributed by atoms with E-state index in [-0.39, 0.29) is 12.0 Å². The average Bonchev–Trinajstić information content (AvgIpc) is 3.35. The number of benzene rings is 1. The first-order chi connectivity index (χ1) is 13.3. The molecule has 5 nitrogen and oxygen atoms in total. The molecule has 0 bridgehead atoms. The molecule has 1 aromatic carbocycles. The second-order valence-electron chi connectivity index (χ2n) is 6.29. The average molecular weight is 400 g/mol. The van der Waals surface area contributed by atoms with Crippen LogP contribution in [-0.2, 0) is 0 Å². The van der Waals surface area contributed by atoms with E-state index in [0.717, 1.165) is 29.2 Å². The summed E-state index contributed by atoms with van der Waals surface area (Å²) in [5.74, 6) is 3.36. The summed E-state index contributed by atoms with van der Waals surface area (Å²) in [6.07, 6.45) is 4.89. The van der Waals surface area contributed by atoms with Gasteiger partial charge < -0.3 is 15.0 Å². The zero-order chi connectivity index (χ0) is 18.5. The lowest BCUT2D eigenvalue weighted by atomic mass is 10.2. The molecule has 0 saturated carbocycles. The molecule has 7 heteroatoms. The third-order valence-corrected chi connectivity index (χ3v) is 6.56. The summed E-state index contributed by atoms with van der Waals surface area (Å²) in [6.45, 7) is 0.598. The third kappa shape index (κ3) is 4.59. The fourth-order valence-electron chi connectivity index (χ4n) is 2.98. The van der Waals surface area contributed by atoms with Crippen LogP contribution in [0.15, 0.2) is 53.7 Å². The van der Waals surface area contributed by atoms with Crippen molar-refractivity contribution in [2.75, 3.05) is 23.8 Å². The summed E-state index contributed by atoms with van der Waals surface area (Å²) in [6, 6.07) is 11.7. The van der Waals surface area contributed by atoms with Crippen LogP contribution in [0.3, 0.4) is 0 Å². The molecular weight excluding hydrogens is 378 g/mol. The number of rotatable bonds is 7. The number of thioether (sulfide) groups is 2. The SMILES string of the molecule is O=C(NCCSc1c[nH]c2ccccc12)c1ccnc(O[C@H]2CCSC2)c1. The fraction of sp³-hybridized carbons (Fsp3) is 0.300. The van der Waals surface area contributed by atoms with Crippen LogP contribution in [0.25, 0.3) is 10.9 Å². The molecule has 1 saturated heterocycles. The first-order valence-corrected chi connectivity index (χ1v) is 11.1.